The highest BCUT2D eigenvalue weighted by atomic mass is 15.7. The van der Waals surface area contributed by atoms with Crippen molar-refractivity contribution in [2.24, 2.45) is 16.9 Å². The zero-order valence-electron chi connectivity index (χ0n) is 8.82. The number of allylic oxidation sites excluding steroid dienone is 3. The summed E-state index contributed by atoms with van der Waals surface area (Å²) in [6.07, 6.45) is 8.23. The number of nitrogens with two attached hydrogens (primary N) is 1. The van der Waals surface area contributed by atoms with Crippen LogP contribution in [0.5, 0.6) is 0 Å². The first-order valence-corrected chi connectivity index (χ1v) is 5.38. The van der Waals surface area contributed by atoms with Crippen LogP contribution in [0.3, 0.4) is 0 Å². The van der Waals surface area contributed by atoms with E-state index in [0.29, 0.717) is 0 Å². The third-order valence-corrected chi connectivity index (χ3v) is 3.04. The second-order valence-electron chi connectivity index (χ2n) is 4.03. The summed E-state index contributed by atoms with van der Waals surface area (Å²) in [4.78, 5) is 0. The Morgan fingerprint density at radius 2 is 1.94 bits per heavy atom. The molecule has 3 rings (SSSR count). The quantitative estimate of drug-likeness (QED) is 0.722. The molecule has 1 heterocycles. The van der Waals surface area contributed by atoms with E-state index in [9.17, 15) is 0 Å². The molecule has 1 aliphatic heterocycles. The molecule has 0 fully saturated rings. The molecule has 0 radical (unpaired) electrons. The number of hydrazone groups is 1. The van der Waals surface area contributed by atoms with E-state index in [0.717, 1.165) is 5.71 Å². The minimum Gasteiger partial charge on any atom is -0.231 e. The van der Waals surface area contributed by atoms with Gasteiger partial charge in [0.05, 0.1) is 5.71 Å². The van der Waals surface area contributed by atoms with Gasteiger partial charge in [-0.05, 0) is 11.6 Å². The van der Waals surface area contributed by atoms with Gasteiger partial charge in [0.15, 0.2) is 0 Å². The fourth-order valence-corrected chi connectivity index (χ4v) is 2.29. The Hall–Kier alpha value is -1.87. The van der Waals surface area contributed by atoms with Crippen LogP contribution in [0.15, 0.2) is 59.7 Å². The van der Waals surface area contributed by atoms with Crippen LogP contribution in [0.4, 0.5) is 0 Å². The van der Waals surface area contributed by atoms with Crippen LogP contribution in [0.25, 0.3) is 0 Å². The van der Waals surface area contributed by atoms with Crippen molar-refractivity contribution in [2.45, 2.75) is 6.04 Å². The molecule has 2 unspecified atom stereocenters. The predicted octanol–water partition coefficient (Wildman–Crippen LogP) is 2.02. The molecule has 1 aliphatic carbocycles. The average molecular weight is 211 g/mol. The van der Waals surface area contributed by atoms with E-state index in [4.69, 9.17) is 5.84 Å². The number of nitrogens with zero attached hydrogens (tertiary/aromatic N) is 2. The minimum absolute atomic E-state index is 0.123. The highest BCUT2D eigenvalue weighted by Crippen LogP contribution is 2.35. The first-order valence-electron chi connectivity index (χ1n) is 5.38. The summed E-state index contributed by atoms with van der Waals surface area (Å²) in [6.45, 7) is 0. The number of benzene rings is 1. The van der Waals surface area contributed by atoms with Gasteiger partial charge in [-0.1, -0.05) is 48.6 Å². The van der Waals surface area contributed by atoms with Crippen molar-refractivity contribution >= 4 is 5.71 Å². The summed E-state index contributed by atoms with van der Waals surface area (Å²) < 4.78 is 0. The Morgan fingerprint density at radius 3 is 2.75 bits per heavy atom. The number of rotatable bonds is 1. The Kier molecular flexibility index (Phi) is 2.11. The van der Waals surface area contributed by atoms with Crippen molar-refractivity contribution in [1.29, 1.82) is 0 Å². The highest BCUT2D eigenvalue weighted by molar-refractivity contribution is 6.00. The van der Waals surface area contributed by atoms with Crippen LogP contribution in [-0.2, 0) is 0 Å². The predicted molar refractivity (Wildman–Crippen MR) is 64.4 cm³/mol. The summed E-state index contributed by atoms with van der Waals surface area (Å²) in [7, 11) is 0. The first-order chi connectivity index (χ1) is 7.86. The van der Waals surface area contributed by atoms with Gasteiger partial charge in [0, 0.05) is 5.92 Å². The van der Waals surface area contributed by atoms with Gasteiger partial charge < -0.3 is 0 Å². The minimum atomic E-state index is 0.123. The van der Waals surface area contributed by atoms with Gasteiger partial charge in [-0.15, -0.1) is 0 Å². The molecule has 1 aromatic rings. The zero-order chi connectivity index (χ0) is 11.0. The summed E-state index contributed by atoms with van der Waals surface area (Å²) in [5.41, 5.74) is 2.24. The Labute approximate surface area is 94.5 Å². The molecule has 0 spiro atoms. The second kappa shape index (κ2) is 3.61. The lowest BCUT2D eigenvalue weighted by Crippen LogP contribution is -2.30. The van der Waals surface area contributed by atoms with E-state index in [1.165, 1.54) is 5.56 Å². The van der Waals surface area contributed by atoms with Crippen LogP contribution in [0.1, 0.15) is 11.6 Å². The Balaban J connectivity index is 1.99. The Bertz CT molecular complexity index is 473. The van der Waals surface area contributed by atoms with E-state index in [2.05, 4.69) is 29.4 Å². The van der Waals surface area contributed by atoms with Gasteiger partial charge >= 0.3 is 0 Å². The maximum absolute atomic E-state index is 5.95. The number of hydrazine groups is 1. The molecule has 16 heavy (non-hydrogen) atoms. The zero-order valence-corrected chi connectivity index (χ0v) is 8.82. The molecule has 3 heteroatoms. The largest absolute Gasteiger partial charge is 0.231 e. The standard InChI is InChI=1S/C13H13N3/c14-16-13(10-6-2-1-3-7-10)11-8-4-5-9-12(11)15-16/h1-9,11,13H,14H2. The van der Waals surface area contributed by atoms with Gasteiger partial charge in [0.25, 0.3) is 0 Å². The van der Waals surface area contributed by atoms with Gasteiger partial charge in [0.1, 0.15) is 6.04 Å². The van der Waals surface area contributed by atoms with Crippen molar-refractivity contribution in [3.63, 3.8) is 0 Å². The second-order valence-corrected chi connectivity index (χ2v) is 4.03. The van der Waals surface area contributed by atoms with Crippen LogP contribution < -0.4 is 5.84 Å². The highest BCUT2D eigenvalue weighted by Gasteiger charge is 2.34. The molecule has 2 atom stereocenters. The van der Waals surface area contributed by atoms with E-state index in [1.807, 2.05) is 30.4 Å². The van der Waals surface area contributed by atoms with E-state index in [-0.39, 0.29) is 12.0 Å². The van der Waals surface area contributed by atoms with Gasteiger partial charge in [-0.3, -0.25) is 0 Å². The summed E-state index contributed by atoms with van der Waals surface area (Å²) in [5.74, 6) is 6.22. The van der Waals surface area contributed by atoms with Crippen molar-refractivity contribution in [3.05, 3.63) is 60.2 Å². The molecular formula is C13H13N3. The molecule has 0 saturated heterocycles. The lowest BCUT2D eigenvalue weighted by molar-refractivity contribution is 0.221. The van der Waals surface area contributed by atoms with Gasteiger partial charge in [0.2, 0.25) is 0 Å². The van der Waals surface area contributed by atoms with Gasteiger partial charge in [-0.2, -0.15) is 5.10 Å². The molecular weight excluding hydrogens is 198 g/mol. The maximum atomic E-state index is 5.95. The lowest BCUT2D eigenvalue weighted by Gasteiger charge is -2.23. The average Bonchev–Trinajstić information content (AvgIpc) is 2.66. The van der Waals surface area contributed by atoms with Crippen LogP contribution >= 0.6 is 0 Å². The number of hydrogen-bond donors (Lipinski definition) is 1. The first kappa shape index (κ1) is 9.36. The topological polar surface area (TPSA) is 41.6 Å². The van der Waals surface area contributed by atoms with E-state index in [1.54, 1.807) is 5.12 Å². The number of fused-ring (bicyclic) bond motifs is 1. The molecule has 2 N–H and O–H groups in total. The fraction of sp³-hybridized carbons (Fsp3) is 0.154. The normalized spacial score (nSPS) is 26.8. The molecule has 3 nitrogen and oxygen atoms in total. The number of hydrogen-bond acceptors (Lipinski definition) is 3. The van der Waals surface area contributed by atoms with E-state index >= 15 is 0 Å². The molecule has 80 valence electrons. The summed E-state index contributed by atoms with van der Waals surface area (Å²) in [6, 6.07) is 10.4. The maximum Gasteiger partial charge on any atom is 0.101 e. The van der Waals surface area contributed by atoms with Gasteiger partial charge in [-0.25, -0.2) is 11.0 Å². The lowest BCUT2D eigenvalue weighted by atomic mass is 9.88. The van der Waals surface area contributed by atoms with Crippen molar-refractivity contribution in [3.8, 4) is 0 Å². The smallest absolute Gasteiger partial charge is 0.101 e. The molecule has 2 aliphatic rings. The van der Waals surface area contributed by atoms with Crippen LogP contribution in [-0.4, -0.2) is 10.8 Å². The SMILES string of the molecule is NN1N=C2C=CC=CC2C1c1ccccc1. The Morgan fingerprint density at radius 1 is 1.12 bits per heavy atom. The molecule has 0 amide bonds. The monoisotopic (exact) mass is 211 g/mol. The summed E-state index contributed by atoms with van der Waals surface area (Å²) >= 11 is 0. The summed E-state index contributed by atoms with van der Waals surface area (Å²) in [5, 5.41) is 5.92. The third kappa shape index (κ3) is 1.37. The third-order valence-electron chi connectivity index (χ3n) is 3.04. The molecule has 1 aromatic carbocycles. The van der Waals surface area contributed by atoms with Crippen molar-refractivity contribution in [2.75, 3.05) is 0 Å². The van der Waals surface area contributed by atoms with E-state index < -0.39 is 0 Å². The van der Waals surface area contributed by atoms with Crippen LogP contribution in [0.2, 0.25) is 0 Å². The molecule has 0 bridgehead atoms. The van der Waals surface area contributed by atoms with Crippen LogP contribution in [0, 0.1) is 5.92 Å². The molecule has 0 aromatic heterocycles. The van der Waals surface area contributed by atoms with Crippen molar-refractivity contribution < 1.29 is 0 Å². The fourth-order valence-electron chi connectivity index (χ4n) is 2.29. The molecule has 0 saturated carbocycles. The van der Waals surface area contributed by atoms with Crippen molar-refractivity contribution in [1.82, 2.24) is 5.12 Å².